The molecule has 3 rings (SSSR count). The number of thiophene rings is 1. The summed E-state index contributed by atoms with van der Waals surface area (Å²) in [5.74, 6) is 0. The number of amides is 1. The number of hydrogen-bond donors (Lipinski definition) is 2. The predicted octanol–water partition coefficient (Wildman–Crippen LogP) is 3.07. The fourth-order valence-corrected chi connectivity index (χ4v) is 3.20. The molecular weight excluding hydrogens is 248 g/mol. The summed E-state index contributed by atoms with van der Waals surface area (Å²) in [6.45, 7) is 1.18. The van der Waals surface area contributed by atoms with Crippen LogP contribution >= 0.6 is 11.3 Å². The molecule has 4 nitrogen and oxygen atoms in total. The van der Waals surface area contributed by atoms with E-state index in [4.69, 9.17) is 5.11 Å². The van der Waals surface area contributed by atoms with Gasteiger partial charge in [0.2, 0.25) is 0 Å². The molecule has 1 unspecified atom stereocenters. The van der Waals surface area contributed by atoms with E-state index < -0.39 is 6.09 Å². The van der Waals surface area contributed by atoms with Crippen LogP contribution in [-0.4, -0.2) is 35.2 Å². The predicted molar refractivity (Wildman–Crippen MR) is 73.5 cm³/mol. The van der Waals surface area contributed by atoms with Crippen LogP contribution in [0.4, 0.5) is 10.5 Å². The summed E-state index contributed by atoms with van der Waals surface area (Å²) in [6.07, 6.45) is 0.0420. The molecule has 1 atom stereocenters. The van der Waals surface area contributed by atoms with Crippen molar-refractivity contribution in [1.29, 1.82) is 0 Å². The van der Waals surface area contributed by atoms with Crippen molar-refractivity contribution in [3.63, 3.8) is 0 Å². The first-order valence-corrected chi connectivity index (χ1v) is 6.82. The highest BCUT2D eigenvalue weighted by atomic mass is 32.1. The molecular formula is C13H14N2O2S. The molecule has 2 aromatic rings. The van der Waals surface area contributed by atoms with Gasteiger partial charge in [0.1, 0.15) is 0 Å². The first-order chi connectivity index (χ1) is 8.74. The summed E-state index contributed by atoms with van der Waals surface area (Å²) >= 11 is 1.72. The molecule has 1 aromatic heterocycles. The lowest BCUT2D eigenvalue weighted by atomic mass is 10.2. The molecule has 1 amide bonds. The minimum atomic E-state index is -0.826. The average Bonchev–Trinajstić information content (AvgIpc) is 2.97. The lowest BCUT2D eigenvalue weighted by Crippen LogP contribution is -2.30. The van der Waals surface area contributed by atoms with E-state index in [1.54, 1.807) is 11.3 Å². The normalized spacial score (nSPS) is 19.3. The monoisotopic (exact) mass is 262 g/mol. The molecule has 0 bridgehead atoms. The van der Waals surface area contributed by atoms with Gasteiger partial charge in [0.25, 0.3) is 0 Å². The summed E-state index contributed by atoms with van der Waals surface area (Å²) < 4.78 is 1.26. The van der Waals surface area contributed by atoms with Crippen molar-refractivity contribution in [2.45, 2.75) is 12.5 Å². The number of hydrogen-bond acceptors (Lipinski definition) is 3. The summed E-state index contributed by atoms with van der Waals surface area (Å²) in [5.41, 5.74) is 1.10. The van der Waals surface area contributed by atoms with Gasteiger partial charge in [0, 0.05) is 34.9 Å². The smallest absolute Gasteiger partial charge is 0.407 e. The molecule has 2 heterocycles. The number of anilines is 1. The Hall–Kier alpha value is -1.75. The highest BCUT2D eigenvalue weighted by Crippen LogP contribution is 2.29. The van der Waals surface area contributed by atoms with Gasteiger partial charge in [-0.15, -0.1) is 11.3 Å². The Kier molecular flexibility index (Phi) is 2.83. The van der Waals surface area contributed by atoms with Gasteiger partial charge in [-0.25, -0.2) is 4.79 Å². The van der Waals surface area contributed by atoms with Gasteiger partial charge in [-0.3, -0.25) is 0 Å². The van der Waals surface area contributed by atoms with Crippen LogP contribution in [0.25, 0.3) is 10.1 Å². The van der Waals surface area contributed by atoms with Crippen LogP contribution in [0.2, 0.25) is 0 Å². The Morgan fingerprint density at radius 1 is 1.44 bits per heavy atom. The summed E-state index contributed by atoms with van der Waals surface area (Å²) in [7, 11) is 0. The van der Waals surface area contributed by atoms with Gasteiger partial charge in [-0.05, 0) is 30.0 Å². The second-order valence-electron chi connectivity index (χ2n) is 4.50. The number of benzene rings is 1. The van der Waals surface area contributed by atoms with Crippen molar-refractivity contribution in [2.75, 3.05) is 18.4 Å². The average molecular weight is 262 g/mol. The largest absolute Gasteiger partial charge is 0.465 e. The van der Waals surface area contributed by atoms with Gasteiger partial charge in [0.15, 0.2) is 0 Å². The van der Waals surface area contributed by atoms with Crippen LogP contribution in [0.15, 0.2) is 29.6 Å². The van der Waals surface area contributed by atoms with Crippen LogP contribution in [0.3, 0.4) is 0 Å². The SMILES string of the molecule is O=C(O)N1CCC(Nc2cccc3sccc23)C1. The van der Waals surface area contributed by atoms with E-state index >= 15 is 0 Å². The number of carbonyl (C=O) groups is 1. The maximum atomic E-state index is 10.9. The van der Waals surface area contributed by atoms with Crippen molar-refractivity contribution in [3.8, 4) is 0 Å². The quantitative estimate of drug-likeness (QED) is 0.874. The number of nitrogens with zero attached hydrogens (tertiary/aromatic N) is 1. The van der Waals surface area contributed by atoms with Crippen LogP contribution in [0.1, 0.15) is 6.42 Å². The highest BCUT2D eigenvalue weighted by molar-refractivity contribution is 7.17. The molecule has 0 radical (unpaired) electrons. The zero-order valence-electron chi connectivity index (χ0n) is 9.80. The number of rotatable bonds is 2. The van der Waals surface area contributed by atoms with Crippen molar-refractivity contribution in [2.24, 2.45) is 0 Å². The van der Waals surface area contributed by atoms with Crippen molar-refractivity contribution < 1.29 is 9.90 Å². The van der Waals surface area contributed by atoms with E-state index in [1.807, 2.05) is 6.07 Å². The lowest BCUT2D eigenvalue weighted by Gasteiger charge is -2.15. The summed E-state index contributed by atoms with van der Waals surface area (Å²) in [6, 6.07) is 8.51. The zero-order valence-corrected chi connectivity index (χ0v) is 10.6. The van der Waals surface area contributed by atoms with Crippen LogP contribution < -0.4 is 5.32 Å². The molecule has 1 aliphatic heterocycles. The molecule has 1 fully saturated rings. The Bertz CT molecular complexity index is 581. The second kappa shape index (κ2) is 4.49. The van der Waals surface area contributed by atoms with Crippen molar-refractivity contribution >= 4 is 33.2 Å². The number of fused-ring (bicyclic) bond motifs is 1. The van der Waals surface area contributed by atoms with Crippen LogP contribution in [0, 0.1) is 0 Å². The fourth-order valence-electron chi connectivity index (χ4n) is 2.39. The summed E-state index contributed by atoms with van der Waals surface area (Å²) in [5, 5.41) is 15.7. The molecule has 2 N–H and O–H groups in total. The fraction of sp³-hybridized carbons (Fsp3) is 0.308. The number of likely N-dealkylation sites (tertiary alicyclic amines) is 1. The lowest BCUT2D eigenvalue weighted by molar-refractivity contribution is 0.155. The molecule has 94 valence electrons. The topological polar surface area (TPSA) is 52.6 Å². The van der Waals surface area contributed by atoms with E-state index in [1.165, 1.54) is 15.0 Å². The standard InChI is InChI=1S/C13H14N2O2S/c16-13(17)15-6-4-9(8-15)14-11-2-1-3-12-10(11)5-7-18-12/h1-3,5,7,9,14H,4,6,8H2,(H,16,17). The first-order valence-electron chi connectivity index (χ1n) is 5.94. The molecule has 5 heteroatoms. The van der Waals surface area contributed by atoms with E-state index in [0.717, 1.165) is 12.1 Å². The number of carboxylic acid groups (broad SMARTS) is 1. The molecule has 0 saturated carbocycles. The van der Waals surface area contributed by atoms with Gasteiger partial charge in [-0.1, -0.05) is 6.07 Å². The molecule has 1 aromatic carbocycles. The Morgan fingerprint density at radius 3 is 3.11 bits per heavy atom. The summed E-state index contributed by atoms with van der Waals surface area (Å²) in [4.78, 5) is 12.3. The third-order valence-electron chi connectivity index (χ3n) is 3.31. The second-order valence-corrected chi connectivity index (χ2v) is 5.44. The van der Waals surface area contributed by atoms with Crippen molar-refractivity contribution in [1.82, 2.24) is 4.90 Å². The van der Waals surface area contributed by atoms with E-state index in [9.17, 15) is 4.79 Å². The van der Waals surface area contributed by atoms with Crippen molar-refractivity contribution in [3.05, 3.63) is 29.6 Å². The minimum absolute atomic E-state index is 0.214. The third kappa shape index (κ3) is 2.01. The van der Waals surface area contributed by atoms with E-state index in [2.05, 4.69) is 28.9 Å². The van der Waals surface area contributed by atoms with E-state index in [0.29, 0.717) is 13.1 Å². The van der Waals surface area contributed by atoms with E-state index in [-0.39, 0.29) is 6.04 Å². The Labute approximate surface area is 109 Å². The molecule has 0 spiro atoms. The van der Waals surface area contributed by atoms with Crippen LogP contribution in [-0.2, 0) is 0 Å². The number of nitrogens with one attached hydrogen (secondary N) is 1. The molecule has 18 heavy (non-hydrogen) atoms. The van der Waals surface area contributed by atoms with Gasteiger partial charge in [-0.2, -0.15) is 0 Å². The van der Waals surface area contributed by atoms with Gasteiger partial charge in [0.05, 0.1) is 0 Å². The third-order valence-corrected chi connectivity index (χ3v) is 4.20. The zero-order chi connectivity index (χ0) is 12.5. The first kappa shape index (κ1) is 11.3. The maximum absolute atomic E-state index is 10.9. The molecule has 1 aliphatic rings. The van der Waals surface area contributed by atoms with Gasteiger partial charge < -0.3 is 15.3 Å². The highest BCUT2D eigenvalue weighted by Gasteiger charge is 2.25. The molecule has 1 saturated heterocycles. The minimum Gasteiger partial charge on any atom is -0.465 e. The van der Waals surface area contributed by atoms with Crippen LogP contribution in [0.5, 0.6) is 0 Å². The Morgan fingerprint density at radius 2 is 2.33 bits per heavy atom. The van der Waals surface area contributed by atoms with Gasteiger partial charge >= 0.3 is 6.09 Å². The maximum Gasteiger partial charge on any atom is 0.407 e. The Balaban J connectivity index is 1.77. The molecule has 0 aliphatic carbocycles.